The highest BCUT2D eigenvalue weighted by atomic mass is 35.5. The van der Waals surface area contributed by atoms with Crippen LogP contribution in [-0.2, 0) is 4.79 Å². The van der Waals surface area contributed by atoms with Crippen molar-refractivity contribution >= 4 is 35.0 Å². The first-order chi connectivity index (χ1) is 13.1. The molecule has 0 aromatic heterocycles. The number of benzene rings is 2. The third-order valence-electron chi connectivity index (χ3n) is 4.01. The highest BCUT2D eigenvalue weighted by Gasteiger charge is 2.18. The summed E-state index contributed by atoms with van der Waals surface area (Å²) in [5, 5.41) is 9.73. The highest BCUT2D eigenvalue weighted by molar-refractivity contribution is 8.00. The van der Waals surface area contributed by atoms with E-state index in [9.17, 15) is 4.79 Å². The summed E-state index contributed by atoms with van der Waals surface area (Å²) in [5.41, 5.74) is 1.78. The van der Waals surface area contributed by atoms with Crippen LogP contribution in [0, 0.1) is 11.3 Å². The molecule has 1 atom stereocenters. The Morgan fingerprint density at radius 2 is 1.96 bits per heavy atom. The minimum atomic E-state index is -0.0293. The third-order valence-corrected chi connectivity index (χ3v) is 5.52. The minimum Gasteiger partial charge on any atom is -0.494 e. The molecule has 2 rings (SSSR count). The first-order valence-corrected chi connectivity index (χ1v) is 10.3. The Bertz CT molecular complexity index is 790. The number of amides is 1. The molecule has 0 aliphatic rings. The standard InChI is InChI=1S/C21H23ClN2O2S/c1-3-26-18-11-9-17(10-12-18)24(14-6-13-23)21(25)15-27-16(2)19-7-4-5-8-20(19)22/h4-5,7-12,16H,3,6,14-15H2,1-2H3. The van der Waals surface area contributed by atoms with E-state index in [1.54, 1.807) is 4.90 Å². The molecule has 1 unspecified atom stereocenters. The molecule has 1 amide bonds. The van der Waals surface area contributed by atoms with Gasteiger partial charge >= 0.3 is 0 Å². The lowest BCUT2D eigenvalue weighted by molar-refractivity contribution is -0.116. The highest BCUT2D eigenvalue weighted by Crippen LogP contribution is 2.33. The molecule has 0 bridgehead atoms. The van der Waals surface area contributed by atoms with Crippen molar-refractivity contribution in [3.63, 3.8) is 0 Å². The largest absolute Gasteiger partial charge is 0.494 e. The van der Waals surface area contributed by atoms with Crippen LogP contribution in [0.15, 0.2) is 48.5 Å². The van der Waals surface area contributed by atoms with E-state index in [2.05, 4.69) is 6.07 Å². The number of hydrogen-bond donors (Lipinski definition) is 0. The minimum absolute atomic E-state index is 0.0293. The van der Waals surface area contributed by atoms with Crippen molar-refractivity contribution < 1.29 is 9.53 Å². The molecule has 6 heteroatoms. The molecule has 142 valence electrons. The number of anilines is 1. The average molecular weight is 403 g/mol. The van der Waals surface area contributed by atoms with E-state index in [1.165, 1.54) is 11.8 Å². The fourth-order valence-corrected chi connectivity index (χ4v) is 3.91. The van der Waals surface area contributed by atoms with Crippen molar-refractivity contribution in [2.75, 3.05) is 23.8 Å². The Hall–Kier alpha value is -2.16. The van der Waals surface area contributed by atoms with Gasteiger partial charge in [-0.1, -0.05) is 29.8 Å². The summed E-state index contributed by atoms with van der Waals surface area (Å²) in [6.45, 7) is 4.92. The normalized spacial score (nSPS) is 11.5. The molecule has 0 fully saturated rings. The van der Waals surface area contributed by atoms with Crippen molar-refractivity contribution in [2.45, 2.75) is 25.5 Å². The van der Waals surface area contributed by atoms with Crippen LogP contribution < -0.4 is 9.64 Å². The second kappa shape index (κ2) is 10.9. The van der Waals surface area contributed by atoms with Crippen molar-refractivity contribution in [3.05, 3.63) is 59.1 Å². The maximum atomic E-state index is 12.8. The van der Waals surface area contributed by atoms with E-state index in [4.69, 9.17) is 21.6 Å². The topological polar surface area (TPSA) is 53.3 Å². The number of carbonyl (C=O) groups is 1. The van der Waals surface area contributed by atoms with Crippen LogP contribution in [-0.4, -0.2) is 24.8 Å². The van der Waals surface area contributed by atoms with E-state index in [1.807, 2.05) is 62.4 Å². The van der Waals surface area contributed by atoms with E-state index in [0.717, 1.165) is 17.0 Å². The van der Waals surface area contributed by atoms with E-state index in [0.29, 0.717) is 23.9 Å². The Kier molecular flexibility index (Phi) is 8.50. The quantitative estimate of drug-likeness (QED) is 0.557. The predicted molar refractivity (Wildman–Crippen MR) is 113 cm³/mol. The zero-order chi connectivity index (χ0) is 19.6. The molecule has 0 aliphatic heterocycles. The van der Waals surface area contributed by atoms with Gasteiger partial charge in [0.25, 0.3) is 0 Å². The van der Waals surface area contributed by atoms with Gasteiger partial charge in [-0.3, -0.25) is 4.79 Å². The number of rotatable bonds is 9. The molecule has 0 heterocycles. The molecule has 0 saturated carbocycles. The molecular weight excluding hydrogens is 380 g/mol. The molecule has 0 saturated heterocycles. The Balaban J connectivity index is 2.05. The first kappa shape index (κ1) is 21.1. The molecule has 0 aliphatic carbocycles. The summed E-state index contributed by atoms with van der Waals surface area (Å²) in [7, 11) is 0. The molecular formula is C21H23ClN2O2S. The summed E-state index contributed by atoms with van der Waals surface area (Å²) >= 11 is 7.78. The number of nitrogens with zero attached hydrogens (tertiary/aromatic N) is 2. The summed E-state index contributed by atoms with van der Waals surface area (Å²) in [5.74, 6) is 1.04. The van der Waals surface area contributed by atoms with Crippen LogP contribution in [0.25, 0.3) is 0 Å². The number of hydrogen-bond acceptors (Lipinski definition) is 4. The van der Waals surface area contributed by atoms with Crippen LogP contribution in [0.3, 0.4) is 0 Å². The van der Waals surface area contributed by atoms with Gasteiger partial charge in [0.15, 0.2) is 0 Å². The van der Waals surface area contributed by atoms with Gasteiger partial charge in [-0.15, -0.1) is 11.8 Å². The lowest BCUT2D eigenvalue weighted by Gasteiger charge is -2.23. The molecule has 27 heavy (non-hydrogen) atoms. The monoisotopic (exact) mass is 402 g/mol. The molecule has 0 radical (unpaired) electrons. The van der Waals surface area contributed by atoms with Crippen LogP contribution in [0.5, 0.6) is 5.75 Å². The Morgan fingerprint density at radius 1 is 1.26 bits per heavy atom. The van der Waals surface area contributed by atoms with Crippen LogP contribution in [0.4, 0.5) is 5.69 Å². The summed E-state index contributed by atoms with van der Waals surface area (Å²) in [4.78, 5) is 14.5. The van der Waals surface area contributed by atoms with Gasteiger partial charge in [-0.2, -0.15) is 5.26 Å². The van der Waals surface area contributed by atoms with E-state index >= 15 is 0 Å². The summed E-state index contributed by atoms with van der Waals surface area (Å²) in [6, 6.07) is 17.2. The van der Waals surface area contributed by atoms with Crippen molar-refractivity contribution in [1.29, 1.82) is 5.26 Å². The SMILES string of the molecule is CCOc1ccc(N(CCC#N)C(=O)CSC(C)c2ccccc2Cl)cc1. The molecule has 2 aromatic rings. The van der Waals surface area contributed by atoms with Gasteiger partial charge in [0.2, 0.25) is 5.91 Å². The predicted octanol–water partition coefficient (Wildman–Crippen LogP) is 5.48. The third kappa shape index (κ3) is 6.20. The lowest BCUT2D eigenvalue weighted by Crippen LogP contribution is -2.33. The molecule has 4 nitrogen and oxygen atoms in total. The lowest BCUT2D eigenvalue weighted by atomic mass is 10.2. The van der Waals surface area contributed by atoms with E-state index in [-0.39, 0.29) is 17.6 Å². The Morgan fingerprint density at radius 3 is 2.59 bits per heavy atom. The molecule has 0 spiro atoms. The van der Waals surface area contributed by atoms with Crippen molar-refractivity contribution in [1.82, 2.24) is 0 Å². The molecule has 2 aromatic carbocycles. The second-order valence-electron chi connectivity index (χ2n) is 5.86. The fraction of sp³-hybridized carbons (Fsp3) is 0.333. The van der Waals surface area contributed by atoms with Gasteiger partial charge in [-0.25, -0.2) is 0 Å². The molecule has 0 N–H and O–H groups in total. The van der Waals surface area contributed by atoms with Gasteiger partial charge in [0.1, 0.15) is 5.75 Å². The zero-order valence-corrected chi connectivity index (χ0v) is 17.1. The Labute approximate surface area is 170 Å². The number of thioether (sulfide) groups is 1. The van der Waals surface area contributed by atoms with E-state index < -0.39 is 0 Å². The second-order valence-corrected chi connectivity index (χ2v) is 7.59. The number of ether oxygens (including phenoxy) is 1. The fourth-order valence-electron chi connectivity index (χ4n) is 2.62. The summed E-state index contributed by atoms with van der Waals surface area (Å²) in [6.07, 6.45) is 0.281. The number of carbonyl (C=O) groups excluding carboxylic acids is 1. The maximum absolute atomic E-state index is 12.8. The van der Waals surface area contributed by atoms with Gasteiger partial charge in [-0.05, 0) is 49.7 Å². The van der Waals surface area contributed by atoms with Crippen molar-refractivity contribution in [2.24, 2.45) is 0 Å². The van der Waals surface area contributed by atoms with Crippen LogP contribution >= 0.6 is 23.4 Å². The average Bonchev–Trinajstić information content (AvgIpc) is 2.68. The van der Waals surface area contributed by atoms with Gasteiger partial charge in [0.05, 0.1) is 24.8 Å². The smallest absolute Gasteiger partial charge is 0.237 e. The van der Waals surface area contributed by atoms with Crippen molar-refractivity contribution in [3.8, 4) is 11.8 Å². The van der Waals surface area contributed by atoms with Crippen LogP contribution in [0.1, 0.15) is 31.1 Å². The zero-order valence-electron chi connectivity index (χ0n) is 15.5. The number of halogens is 1. The summed E-state index contributed by atoms with van der Waals surface area (Å²) < 4.78 is 5.45. The first-order valence-electron chi connectivity index (χ1n) is 8.83. The number of nitriles is 1. The van der Waals surface area contributed by atoms with Gasteiger partial charge in [0, 0.05) is 22.5 Å². The maximum Gasteiger partial charge on any atom is 0.237 e. The van der Waals surface area contributed by atoms with Crippen LogP contribution in [0.2, 0.25) is 5.02 Å². The van der Waals surface area contributed by atoms with Gasteiger partial charge < -0.3 is 9.64 Å².